The van der Waals surface area contributed by atoms with Gasteiger partial charge in [-0.25, -0.2) is 0 Å². The largest absolute Gasteiger partial charge is 0.352 e. The molecule has 2 aliphatic rings. The predicted molar refractivity (Wildman–Crippen MR) is 117 cm³/mol. The second kappa shape index (κ2) is 9.38. The number of aryl methyl sites for hydroxylation is 1. The van der Waals surface area contributed by atoms with E-state index in [-0.39, 0.29) is 0 Å². The molecule has 1 saturated heterocycles. The molecule has 0 spiro atoms. The van der Waals surface area contributed by atoms with Crippen LogP contribution in [0.3, 0.4) is 0 Å². The zero-order valence-corrected chi connectivity index (χ0v) is 17.5. The van der Waals surface area contributed by atoms with Gasteiger partial charge in [0, 0.05) is 38.2 Å². The zero-order valence-electron chi connectivity index (χ0n) is 17.5. The first-order valence-corrected chi connectivity index (χ1v) is 11.2. The molecule has 1 aromatic carbocycles. The number of carbonyl (C=O) groups is 1. The molecule has 4 rings (SSSR count). The number of aromatic nitrogens is 2. The molecule has 2 fully saturated rings. The summed E-state index contributed by atoms with van der Waals surface area (Å²) in [6.07, 6.45) is 8.18. The van der Waals surface area contributed by atoms with Gasteiger partial charge in [0.25, 0.3) is 0 Å². The van der Waals surface area contributed by atoms with Gasteiger partial charge in [-0.15, -0.1) is 10.2 Å². The Bertz CT molecular complexity index is 789. The number of hydrogen-bond acceptors (Lipinski definition) is 4. The number of piperazine rings is 1. The van der Waals surface area contributed by atoms with Crippen LogP contribution in [0.1, 0.15) is 51.0 Å². The summed E-state index contributed by atoms with van der Waals surface area (Å²) in [5.74, 6) is 1.85. The number of hydrogen-bond donors (Lipinski definition) is 0. The Morgan fingerprint density at radius 1 is 0.931 bits per heavy atom. The molecule has 0 radical (unpaired) electrons. The Morgan fingerprint density at radius 2 is 1.66 bits per heavy atom. The summed E-state index contributed by atoms with van der Waals surface area (Å²) >= 11 is 0. The average Bonchev–Trinajstić information content (AvgIpc) is 2.80. The molecule has 0 unspecified atom stereocenters. The van der Waals surface area contributed by atoms with E-state index in [9.17, 15) is 4.79 Å². The van der Waals surface area contributed by atoms with Gasteiger partial charge in [0.1, 0.15) is 0 Å². The minimum absolute atomic E-state index is 0.341. The number of amides is 1. The fourth-order valence-corrected chi connectivity index (χ4v) is 4.51. The van der Waals surface area contributed by atoms with E-state index in [2.05, 4.69) is 52.4 Å². The summed E-state index contributed by atoms with van der Waals surface area (Å²) < 4.78 is 0. The third-order valence-electron chi connectivity index (χ3n) is 6.45. The van der Waals surface area contributed by atoms with E-state index in [0.717, 1.165) is 56.1 Å². The SMILES string of the molecule is CCc1ccc(-c2ccc(N3CCN(C(=O)CC4CCCCC4)CC3)nn2)cc1. The molecule has 0 atom stereocenters. The maximum atomic E-state index is 12.6. The van der Waals surface area contributed by atoms with Crippen LogP contribution in [-0.2, 0) is 11.2 Å². The van der Waals surface area contributed by atoms with E-state index in [1.807, 2.05) is 11.0 Å². The van der Waals surface area contributed by atoms with Crippen molar-refractivity contribution >= 4 is 11.7 Å². The first kappa shape index (κ1) is 19.9. The summed E-state index contributed by atoms with van der Waals surface area (Å²) in [5, 5.41) is 8.90. The van der Waals surface area contributed by atoms with Gasteiger partial charge in [0.15, 0.2) is 5.82 Å². The summed E-state index contributed by atoms with van der Waals surface area (Å²) in [7, 11) is 0. The quantitative estimate of drug-likeness (QED) is 0.760. The fraction of sp³-hybridized carbons (Fsp3) is 0.542. The van der Waals surface area contributed by atoms with Gasteiger partial charge in [-0.2, -0.15) is 0 Å². The van der Waals surface area contributed by atoms with Gasteiger partial charge in [-0.1, -0.05) is 50.5 Å². The molecule has 2 aromatic rings. The van der Waals surface area contributed by atoms with Gasteiger partial charge >= 0.3 is 0 Å². The van der Waals surface area contributed by atoms with Crippen molar-refractivity contribution in [1.29, 1.82) is 0 Å². The molecule has 1 aliphatic carbocycles. The summed E-state index contributed by atoms with van der Waals surface area (Å²) in [5.41, 5.74) is 3.33. The van der Waals surface area contributed by atoms with Gasteiger partial charge in [0.2, 0.25) is 5.91 Å². The van der Waals surface area contributed by atoms with Crippen LogP contribution in [0.5, 0.6) is 0 Å². The van der Waals surface area contributed by atoms with Gasteiger partial charge in [-0.3, -0.25) is 4.79 Å². The summed E-state index contributed by atoms with van der Waals surface area (Å²) in [4.78, 5) is 16.9. The van der Waals surface area contributed by atoms with Crippen molar-refractivity contribution in [2.45, 2.75) is 51.9 Å². The normalized spacial score (nSPS) is 18.1. The van der Waals surface area contributed by atoms with Gasteiger partial charge in [-0.05, 0) is 42.9 Å². The Kier molecular flexibility index (Phi) is 6.43. The smallest absolute Gasteiger partial charge is 0.222 e. The predicted octanol–water partition coefficient (Wildman–Crippen LogP) is 4.33. The Hall–Kier alpha value is -2.43. The average molecular weight is 393 g/mol. The van der Waals surface area contributed by atoms with Crippen LogP contribution in [0, 0.1) is 5.92 Å². The Balaban J connectivity index is 1.30. The molecular formula is C24H32N4O. The fourth-order valence-electron chi connectivity index (χ4n) is 4.51. The number of benzene rings is 1. The lowest BCUT2D eigenvalue weighted by molar-refractivity contribution is -0.132. The summed E-state index contributed by atoms with van der Waals surface area (Å²) in [6.45, 7) is 5.39. The highest BCUT2D eigenvalue weighted by Gasteiger charge is 2.25. The molecule has 1 aliphatic heterocycles. The number of nitrogens with zero attached hydrogens (tertiary/aromatic N) is 4. The Labute approximate surface area is 174 Å². The molecule has 5 nitrogen and oxygen atoms in total. The van der Waals surface area contributed by atoms with Crippen LogP contribution in [0.25, 0.3) is 11.3 Å². The monoisotopic (exact) mass is 392 g/mol. The highest BCUT2D eigenvalue weighted by Crippen LogP contribution is 2.27. The van der Waals surface area contributed by atoms with Crippen LogP contribution in [0.4, 0.5) is 5.82 Å². The highest BCUT2D eigenvalue weighted by molar-refractivity contribution is 5.76. The second-order valence-corrected chi connectivity index (χ2v) is 8.40. The minimum Gasteiger partial charge on any atom is -0.352 e. The van der Waals surface area contributed by atoms with Crippen molar-refractivity contribution in [1.82, 2.24) is 15.1 Å². The third kappa shape index (κ3) is 4.95. The first-order valence-electron chi connectivity index (χ1n) is 11.2. The molecule has 29 heavy (non-hydrogen) atoms. The molecule has 1 aromatic heterocycles. The highest BCUT2D eigenvalue weighted by atomic mass is 16.2. The van der Waals surface area contributed by atoms with E-state index in [4.69, 9.17) is 0 Å². The van der Waals surface area contributed by atoms with E-state index >= 15 is 0 Å². The van der Waals surface area contributed by atoms with Crippen LogP contribution in [0.15, 0.2) is 36.4 Å². The van der Waals surface area contributed by atoms with E-state index in [1.165, 1.54) is 37.7 Å². The maximum Gasteiger partial charge on any atom is 0.222 e. The third-order valence-corrected chi connectivity index (χ3v) is 6.45. The van der Waals surface area contributed by atoms with Crippen molar-refractivity contribution in [3.8, 4) is 11.3 Å². The lowest BCUT2D eigenvalue weighted by Gasteiger charge is -2.36. The first-order chi connectivity index (χ1) is 14.2. The van der Waals surface area contributed by atoms with Crippen molar-refractivity contribution in [3.05, 3.63) is 42.0 Å². The van der Waals surface area contributed by atoms with E-state index < -0.39 is 0 Å². The topological polar surface area (TPSA) is 49.3 Å². The second-order valence-electron chi connectivity index (χ2n) is 8.40. The van der Waals surface area contributed by atoms with Gasteiger partial charge < -0.3 is 9.80 Å². The number of anilines is 1. The van der Waals surface area contributed by atoms with Crippen LogP contribution < -0.4 is 4.90 Å². The molecular weight excluding hydrogens is 360 g/mol. The molecule has 5 heteroatoms. The molecule has 0 bridgehead atoms. The van der Waals surface area contributed by atoms with E-state index in [0.29, 0.717) is 11.8 Å². The van der Waals surface area contributed by atoms with Crippen LogP contribution in [0.2, 0.25) is 0 Å². The van der Waals surface area contributed by atoms with Gasteiger partial charge in [0.05, 0.1) is 5.69 Å². The molecule has 1 saturated carbocycles. The standard InChI is InChI=1S/C24H32N4O/c1-2-19-8-10-21(11-9-19)22-12-13-23(26-25-22)27-14-16-28(17-15-27)24(29)18-20-6-4-3-5-7-20/h8-13,20H,2-7,14-18H2,1H3. The zero-order chi connectivity index (χ0) is 20.1. The van der Waals surface area contributed by atoms with Crippen LogP contribution >= 0.6 is 0 Å². The van der Waals surface area contributed by atoms with Crippen molar-refractivity contribution in [2.75, 3.05) is 31.1 Å². The molecule has 154 valence electrons. The lowest BCUT2D eigenvalue weighted by Crippen LogP contribution is -2.49. The lowest BCUT2D eigenvalue weighted by atomic mass is 9.86. The van der Waals surface area contributed by atoms with Crippen LogP contribution in [-0.4, -0.2) is 47.2 Å². The van der Waals surface area contributed by atoms with Crippen molar-refractivity contribution < 1.29 is 4.79 Å². The summed E-state index contributed by atoms with van der Waals surface area (Å²) in [6, 6.07) is 12.6. The van der Waals surface area contributed by atoms with Crippen molar-refractivity contribution in [2.24, 2.45) is 5.92 Å². The number of carbonyl (C=O) groups excluding carboxylic acids is 1. The number of rotatable bonds is 5. The Morgan fingerprint density at radius 3 is 2.28 bits per heavy atom. The molecule has 0 N–H and O–H groups in total. The van der Waals surface area contributed by atoms with Crippen molar-refractivity contribution in [3.63, 3.8) is 0 Å². The molecule has 2 heterocycles. The maximum absolute atomic E-state index is 12.6. The minimum atomic E-state index is 0.341. The van der Waals surface area contributed by atoms with E-state index in [1.54, 1.807) is 0 Å². The molecule has 1 amide bonds.